The van der Waals surface area contributed by atoms with Crippen LogP contribution in [0.2, 0.25) is 0 Å². The molecular weight excluding hydrogens is 304 g/mol. The predicted molar refractivity (Wildman–Crippen MR) is 69.4 cm³/mol. The molecule has 0 amide bonds. The maximum Gasteiger partial charge on any atom is 0.322 e. The van der Waals surface area contributed by atoms with Gasteiger partial charge in [0.2, 0.25) is 6.29 Å². The summed E-state index contributed by atoms with van der Waals surface area (Å²) in [6.07, 6.45) is -1.06. The Morgan fingerprint density at radius 1 is 1.35 bits per heavy atom. The Morgan fingerprint density at radius 3 is 2.76 bits per heavy atom. The minimum absolute atomic E-state index is 0.320. The summed E-state index contributed by atoms with van der Waals surface area (Å²) in [6.45, 7) is 0. The first-order chi connectivity index (χ1) is 8.16. The van der Waals surface area contributed by atoms with E-state index in [0.717, 1.165) is 15.0 Å². The van der Waals surface area contributed by atoms with Gasteiger partial charge < -0.3 is 9.84 Å². The number of alkyl halides is 1. The van der Waals surface area contributed by atoms with Crippen LogP contribution in [0.5, 0.6) is 0 Å². The smallest absolute Gasteiger partial charge is 0.322 e. The van der Waals surface area contributed by atoms with Crippen LogP contribution in [0.3, 0.4) is 0 Å². The molecule has 1 aromatic carbocycles. The lowest BCUT2D eigenvalue weighted by atomic mass is 10.0. The number of rotatable bonds is 1. The van der Waals surface area contributed by atoms with Gasteiger partial charge in [0.15, 0.2) is 0 Å². The van der Waals surface area contributed by atoms with Crippen molar-refractivity contribution < 1.29 is 14.6 Å². The van der Waals surface area contributed by atoms with E-state index in [1.807, 2.05) is 30.3 Å². The molecule has 3 atom stereocenters. The molecule has 1 saturated heterocycles. The van der Waals surface area contributed by atoms with Crippen LogP contribution in [-0.2, 0) is 9.53 Å². The van der Waals surface area contributed by atoms with Crippen molar-refractivity contribution >= 4 is 43.3 Å². The largest absolute Gasteiger partial charge is 0.434 e. The molecule has 17 heavy (non-hydrogen) atoms. The summed E-state index contributed by atoms with van der Waals surface area (Å²) < 4.78 is 5.96. The molecule has 2 aromatic rings. The van der Waals surface area contributed by atoms with E-state index in [2.05, 4.69) is 15.9 Å². The van der Waals surface area contributed by atoms with Crippen LogP contribution in [0.4, 0.5) is 0 Å². The molecule has 3 unspecified atom stereocenters. The molecule has 3 rings (SSSR count). The molecular formula is C12H9BrO3S. The fourth-order valence-electron chi connectivity index (χ4n) is 2.00. The molecule has 0 saturated carbocycles. The van der Waals surface area contributed by atoms with E-state index in [0.29, 0.717) is 0 Å². The van der Waals surface area contributed by atoms with Gasteiger partial charge in [0.1, 0.15) is 4.83 Å². The topological polar surface area (TPSA) is 46.5 Å². The number of thiophene rings is 1. The van der Waals surface area contributed by atoms with E-state index in [1.165, 1.54) is 0 Å². The summed E-state index contributed by atoms with van der Waals surface area (Å²) in [5.41, 5.74) is 0. The van der Waals surface area contributed by atoms with Gasteiger partial charge in [-0.2, -0.15) is 0 Å². The van der Waals surface area contributed by atoms with E-state index in [9.17, 15) is 9.90 Å². The Labute approximate surface area is 110 Å². The lowest BCUT2D eigenvalue weighted by Gasteiger charge is -2.10. The van der Waals surface area contributed by atoms with Gasteiger partial charge in [-0.05, 0) is 17.5 Å². The van der Waals surface area contributed by atoms with Crippen LogP contribution in [0, 0.1) is 0 Å². The maximum absolute atomic E-state index is 11.4. The summed E-state index contributed by atoms with van der Waals surface area (Å²) in [4.78, 5) is 11.9. The molecule has 0 bridgehead atoms. The average molecular weight is 313 g/mol. The van der Waals surface area contributed by atoms with Crippen LogP contribution in [-0.4, -0.2) is 22.2 Å². The van der Waals surface area contributed by atoms with Gasteiger partial charge in [0.05, 0.1) is 5.92 Å². The number of carbonyl (C=O) groups is 1. The van der Waals surface area contributed by atoms with Crippen molar-refractivity contribution in [3.05, 3.63) is 35.2 Å². The Morgan fingerprint density at radius 2 is 2.12 bits per heavy atom. The van der Waals surface area contributed by atoms with Crippen LogP contribution < -0.4 is 0 Å². The second-order valence-corrected chi connectivity index (χ2v) is 6.04. The number of hydrogen-bond acceptors (Lipinski definition) is 4. The Bertz CT molecular complexity index is 547. The van der Waals surface area contributed by atoms with Gasteiger partial charge >= 0.3 is 5.97 Å². The highest BCUT2D eigenvalue weighted by atomic mass is 79.9. The zero-order chi connectivity index (χ0) is 12.0. The third kappa shape index (κ3) is 1.78. The average Bonchev–Trinajstić information content (AvgIpc) is 2.81. The van der Waals surface area contributed by atoms with Crippen LogP contribution >= 0.6 is 27.3 Å². The molecule has 0 radical (unpaired) electrons. The van der Waals surface area contributed by atoms with Gasteiger partial charge in [-0.3, -0.25) is 4.79 Å². The van der Waals surface area contributed by atoms with E-state index < -0.39 is 17.1 Å². The highest BCUT2D eigenvalue weighted by molar-refractivity contribution is 9.10. The maximum atomic E-state index is 11.4. The third-order valence-corrected chi connectivity index (χ3v) is 5.02. The molecule has 0 aliphatic carbocycles. The van der Waals surface area contributed by atoms with Gasteiger partial charge in [-0.1, -0.05) is 34.1 Å². The number of hydrogen-bond donors (Lipinski definition) is 1. The zero-order valence-electron chi connectivity index (χ0n) is 8.67. The van der Waals surface area contributed by atoms with Crippen molar-refractivity contribution in [1.29, 1.82) is 0 Å². The van der Waals surface area contributed by atoms with Crippen molar-refractivity contribution in [2.75, 3.05) is 0 Å². The van der Waals surface area contributed by atoms with E-state index in [-0.39, 0.29) is 5.92 Å². The number of halogens is 1. The number of benzene rings is 1. The second-order valence-electron chi connectivity index (χ2n) is 3.94. The molecule has 3 nitrogen and oxygen atoms in total. The first kappa shape index (κ1) is 11.2. The lowest BCUT2D eigenvalue weighted by molar-refractivity contribution is -0.154. The van der Waals surface area contributed by atoms with Crippen molar-refractivity contribution in [3.8, 4) is 0 Å². The van der Waals surface area contributed by atoms with Crippen molar-refractivity contribution in [2.24, 2.45) is 0 Å². The molecule has 1 fully saturated rings. The quantitative estimate of drug-likeness (QED) is 0.650. The summed E-state index contributed by atoms with van der Waals surface area (Å²) in [7, 11) is 0. The summed E-state index contributed by atoms with van der Waals surface area (Å²) in [6, 6.07) is 9.99. The first-order valence-corrected chi connectivity index (χ1v) is 6.91. The SMILES string of the molecule is O=C1OC(O)C(c2cc3ccccc3s2)C1Br. The lowest BCUT2D eigenvalue weighted by Crippen LogP contribution is -2.17. The Kier molecular flexibility index (Phi) is 2.69. The predicted octanol–water partition coefficient (Wildman–Crippen LogP) is 2.62. The van der Waals surface area contributed by atoms with Crippen LogP contribution in [0.25, 0.3) is 10.1 Å². The molecule has 1 aliphatic heterocycles. The minimum atomic E-state index is -1.06. The highest BCUT2D eigenvalue weighted by Gasteiger charge is 2.44. The number of ether oxygens (including phenoxy) is 1. The normalized spacial score (nSPS) is 28.6. The molecule has 1 aromatic heterocycles. The number of aliphatic hydroxyl groups is 1. The number of cyclic esters (lactones) is 1. The van der Waals surface area contributed by atoms with Crippen LogP contribution in [0.1, 0.15) is 10.8 Å². The van der Waals surface area contributed by atoms with Crippen molar-refractivity contribution in [3.63, 3.8) is 0 Å². The summed E-state index contributed by atoms with van der Waals surface area (Å²) in [5.74, 6) is -0.722. The Hall–Kier alpha value is -0.910. The molecule has 5 heteroatoms. The van der Waals surface area contributed by atoms with Gasteiger partial charge in [-0.25, -0.2) is 0 Å². The molecule has 2 heterocycles. The third-order valence-electron chi connectivity index (χ3n) is 2.86. The summed E-state index contributed by atoms with van der Waals surface area (Å²) >= 11 is 4.86. The minimum Gasteiger partial charge on any atom is -0.434 e. The van der Waals surface area contributed by atoms with E-state index >= 15 is 0 Å². The van der Waals surface area contributed by atoms with E-state index in [1.54, 1.807) is 11.3 Å². The number of esters is 1. The van der Waals surface area contributed by atoms with Crippen LogP contribution in [0.15, 0.2) is 30.3 Å². The Balaban J connectivity index is 2.06. The first-order valence-electron chi connectivity index (χ1n) is 5.18. The monoisotopic (exact) mass is 312 g/mol. The molecule has 0 spiro atoms. The van der Waals surface area contributed by atoms with Gasteiger partial charge in [0, 0.05) is 9.58 Å². The fraction of sp³-hybridized carbons (Fsp3) is 0.250. The van der Waals surface area contributed by atoms with Crippen molar-refractivity contribution in [2.45, 2.75) is 17.0 Å². The number of fused-ring (bicyclic) bond motifs is 1. The zero-order valence-corrected chi connectivity index (χ0v) is 11.1. The van der Waals surface area contributed by atoms with E-state index in [4.69, 9.17) is 4.74 Å². The highest BCUT2D eigenvalue weighted by Crippen LogP contribution is 2.40. The fourth-order valence-corrected chi connectivity index (χ4v) is 4.05. The van der Waals surface area contributed by atoms with Gasteiger partial charge in [-0.15, -0.1) is 11.3 Å². The van der Waals surface area contributed by atoms with Gasteiger partial charge in [0.25, 0.3) is 0 Å². The molecule has 88 valence electrons. The number of aliphatic hydroxyl groups excluding tert-OH is 1. The molecule has 1 aliphatic rings. The summed E-state index contributed by atoms with van der Waals surface area (Å²) in [5, 5.41) is 10.9. The number of carbonyl (C=O) groups excluding carboxylic acids is 1. The second kappa shape index (κ2) is 4.08. The standard InChI is InChI=1S/C12H9BrO3S/c13-10-9(11(14)16-12(10)15)8-5-6-3-1-2-4-7(6)17-8/h1-5,9-11,14H. The van der Waals surface area contributed by atoms with Crippen molar-refractivity contribution in [1.82, 2.24) is 0 Å². The molecule has 1 N–H and O–H groups in total.